The van der Waals surface area contributed by atoms with Crippen LogP contribution in [-0.4, -0.2) is 31.2 Å². The van der Waals surface area contributed by atoms with Crippen LogP contribution < -0.4 is 10.2 Å². The van der Waals surface area contributed by atoms with Gasteiger partial charge >= 0.3 is 18.0 Å². The van der Waals surface area contributed by atoms with Gasteiger partial charge in [0.1, 0.15) is 5.70 Å². The summed E-state index contributed by atoms with van der Waals surface area (Å²) in [5.74, 6) is -1.64. The molecule has 7 nitrogen and oxygen atoms in total. The maximum Gasteiger partial charge on any atom is 0.356 e. The maximum absolute atomic E-state index is 13.2. The Bertz CT molecular complexity index is 1090. The number of anilines is 1. The highest BCUT2D eigenvalue weighted by Crippen LogP contribution is 2.37. The van der Waals surface area contributed by atoms with Gasteiger partial charge in [-0.2, -0.15) is 0 Å². The number of hydrogen-bond donors (Lipinski definition) is 1. The zero-order valence-corrected chi connectivity index (χ0v) is 19.4. The molecule has 168 valence electrons. The van der Waals surface area contributed by atoms with Gasteiger partial charge in [-0.1, -0.05) is 40.9 Å². The van der Waals surface area contributed by atoms with Crippen molar-refractivity contribution < 1.29 is 23.9 Å². The molecular formula is C22H19Cl3N2O5. The lowest BCUT2D eigenvalue weighted by Gasteiger charge is -2.35. The molecule has 3 rings (SSSR count). The summed E-state index contributed by atoms with van der Waals surface area (Å²) in [5.41, 5.74) is 0.392. The highest BCUT2D eigenvalue weighted by atomic mass is 35.5. The number of halogens is 3. The van der Waals surface area contributed by atoms with Crippen molar-refractivity contribution in [1.29, 1.82) is 0 Å². The molecule has 0 bridgehead atoms. The average molecular weight is 498 g/mol. The molecule has 0 radical (unpaired) electrons. The first-order valence-corrected chi connectivity index (χ1v) is 10.8. The van der Waals surface area contributed by atoms with Gasteiger partial charge in [-0.05, 0) is 55.8 Å². The van der Waals surface area contributed by atoms with Crippen molar-refractivity contribution in [2.45, 2.75) is 19.9 Å². The van der Waals surface area contributed by atoms with Crippen LogP contribution >= 0.6 is 34.8 Å². The van der Waals surface area contributed by atoms with Gasteiger partial charge in [0.15, 0.2) is 0 Å². The number of benzene rings is 2. The van der Waals surface area contributed by atoms with Crippen molar-refractivity contribution in [3.8, 4) is 0 Å². The van der Waals surface area contributed by atoms with Gasteiger partial charge in [-0.3, -0.25) is 4.90 Å². The molecule has 1 atom stereocenters. The predicted octanol–water partition coefficient (Wildman–Crippen LogP) is 5.30. The SMILES string of the molecule is CCOC(=O)C1=C(C(=O)OCC)N(c2ccc(Cl)cc2)C(=O)N[C@H]1c1ccc(Cl)c(Cl)c1. The van der Waals surface area contributed by atoms with Gasteiger partial charge in [0.05, 0.1) is 40.6 Å². The lowest BCUT2D eigenvalue weighted by Crippen LogP contribution is -2.51. The number of rotatable bonds is 6. The average Bonchev–Trinajstić information content (AvgIpc) is 2.76. The van der Waals surface area contributed by atoms with Crippen molar-refractivity contribution in [2.75, 3.05) is 18.1 Å². The minimum atomic E-state index is -1.03. The standard InChI is InChI=1S/C22H19Cl3N2O5/c1-3-31-20(28)17-18(12-5-10-15(24)16(25)11-12)26-22(30)27(19(17)21(29)32-4-2)14-8-6-13(23)7-9-14/h5-11,18H,3-4H2,1-2H3,(H,26,30)/t18-/m0/s1. The lowest BCUT2D eigenvalue weighted by atomic mass is 9.94. The second kappa shape index (κ2) is 10.3. The zero-order valence-electron chi connectivity index (χ0n) is 17.2. The Hall–Kier alpha value is -2.74. The van der Waals surface area contributed by atoms with E-state index in [1.54, 1.807) is 44.2 Å². The second-order valence-corrected chi connectivity index (χ2v) is 7.82. The van der Waals surface area contributed by atoms with Gasteiger partial charge in [0.25, 0.3) is 0 Å². The van der Waals surface area contributed by atoms with E-state index >= 15 is 0 Å². The maximum atomic E-state index is 13.2. The van der Waals surface area contributed by atoms with Gasteiger partial charge in [0.2, 0.25) is 0 Å². The summed E-state index contributed by atoms with van der Waals surface area (Å²) in [7, 11) is 0. The minimum Gasteiger partial charge on any atom is -0.463 e. The van der Waals surface area contributed by atoms with Gasteiger partial charge in [-0.25, -0.2) is 14.4 Å². The largest absolute Gasteiger partial charge is 0.463 e. The molecular weight excluding hydrogens is 479 g/mol. The summed E-state index contributed by atoms with van der Waals surface area (Å²) in [6.45, 7) is 3.34. The monoisotopic (exact) mass is 496 g/mol. The van der Waals surface area contributed by atoms with E-state index in [1.165, 1.54) is 12.1 Å². The Morgan fingerprint density at radius 2 is 1.56 bits per heavy atom. The van der Waals surface area contributed by atoms with E-state index < -0.39 is 24.0 Å². The molecule has 32 heavy (non-hydrogen) atoms. The highest BCUT2D eigenvalue weighted by molar-refractivity contribution is 6.42. The number of esters is 2. The van der Waals surface area contributed by atoms with E-state index in [9.17, 15) is 14.4 Å². The first kappa shape index (κ1) is 23.9. The molecule has 2 aromatic rings. The number of ether oxygens (including phenoxy) is 2. The molecule has 0 spiro atoms. The zero-order chi connectivity index (χ0) is 23.4. The third kappa shape index (κ3) is 4.85. The Balaban J connectivity index is 2.28. The van der Waals surface area contributed by atoms with Crippen LogP contribution in [0.2, 0.25) is 15.1 Å². The molecule has 10 heteroatoms. The van der Waals surface area contributed by atoms with Crippen LogP contribution in [0.1, 0.15) is 25.5 Å². The molecule has 0 fully saturated rings. The number of amides is 2. The number of carbonyl (C=O) groups excluding carboxylic acids is 3. The molecule has 0 aromatic heterocycles. The second-order valence-electron chi connectivity index (χ2n) is 6.57. The van der Waals surface area contributed by atoms with E-state index in [2.05, 4.69) is 5.32 Å². The first-order chi connectivity index (χ1) is 15.3. The molecule has 0 unspecified atom stereocenters. The van der Waals surface area contributed by atoms with Crippen LogP contribution in [0.25, 0.3) is 0 Å². The Kier molecular flexibility index (Phi) is 7.66. The summed E-state index contributed by atoms with van der Waals surface area (Å²) in [4.78, 5) is 40.3. The van der Waals surface area contributed by atoms with Gasteiger partial charge in [0, 0.05) is 5.02 Å². The Morgan fingerprint density at radius 3 is 2.16 bits per heavy atom. The minimum absolute atomic E-state index is 0.0337. The number of urea groups is 1. The Morgan fingerprint density at radius 1 is 0.938 bits per heavy atom. The summed E-state index contributed by atoms with van der Waals surface area (Å²) in [5, 5.41) is 3.70. The third-order valence-corrected chi connectivity index (χ3v) is 5.56. The topological polar surface area (TPSA) is 84.9 Å². The van der Waals surface area contributed by atoms with Crippen LogP contribution in [0.15, 0.2) is 53.7 Å². The van der Waals surface area contributed by atoms with Crippen molar-refractivity contribution >= 4 is 58.5 Å². The number of hydrogen-bond acceptors (Lipinski definition) is 5. The molecule has 0 saturated carbocycles. The molecule has 1 aliphatic heterocycles. The fourth-order valence-electron chi connectivity index (χ4n) is 3.22. The summed E-state index contributed by atoms with van der Waals surface area (Å²) < 4.78 is 10.4. The molecule has 0 aliphatic carbocycles. The highest BCUT2D eigenvalue weighted by Gasteiger charge is 2.42. The smallest absolute Gasteiger partial charge is 0.356 e. The van der Waals surface area contributed by atoms with Crippen LogP contribution in [0, 0.1) is 0 Å². The molecule has 1 N–H and O–H groups in total. The van der Waals surface area contributed by atoms with Crippen molar-refractivity contribution in [3.05, 3.63) is 74.4 Å². The summed E-state index contributed by atoms with van der Waals surface area (Å²) >= 11 is 18.1. The summed E-state index contributed by atoms with van der Waals surface area (Å²) in [6, 6.07) is 9.16. The van der Waals surface area contributed by atoms with Crippen LogP contribution in [0.5, 0.6) is 0 Å². The van der Waals surface area contributed by atoms with Crippen molar-refractivity contribution in [1.82, 2.24) is 5.32 Å². The van der Waals surface area contributed by atoms with E-state index in [4.69, 9.17) is 44.3 Å². The molecule has 1 aliphatic rings. The fourth-order valence-corrected chi connectivity index (χ4v) is 3.65. The van der Waals surface area contributed by atoms with Crippen LogP contribution in [-0.2, 0) is 19.1 Å². The van der Waals surface area contributed by atoms with Crippen LogP contribution in [0.4, 0.5) is 10.5 Å². The summed E-state index contributed by atoms with van der Waals surface area (Å²) in [6.07, 6.45) is 0. The molecule has 2 amide bonds. The number of carbonyl (C=O) groups is 3. The number of nitrogens with one attached hydrogen (secondary N) is 1. The predicted molar refractivity (Wildman–Crippen MR) is 122 cm³/mol. The quantitative estimate of drug-likeness (QED) is 0.548. The molecule has 1 heterocycles. The van der Waals surface area contributed by atoms with E-state index in [0.29, 0.717) is 21.3 Å². The van der Waals surface area contributed by atoms with E-state index in [1.807, 2.05) is 0 Å². The number of nitrogens with zero attached hydrogens (tertiary/aromatic N) is 1. The van der Waals surface area contributed by atoms with Crippen LogP contribution in [0.3, 0.4) is 0 Å². The van der Waals surface area contributed by atoms with Crippen molar-refractivity contribution in [3.63, 3.8) is 0 Å². The third-order valence-electron chi connectivity index (χ3n) is 4.56. The molecule has 0 saturated heterocycles. The van der Waals surface area contributed by atoms with Gasteiger partial charge < -0.3 is 14.8 Å². The normalized spacial score (nSPS) is 16.0. The van der Waals surface area contributed by atoms with Crippen molar-refractivity contribution in [2.24, 2.45) is 0 Å². The van der Waals surface area contributed by atoms with E-state index in [-0.39, 0.29) is 29.5 Å². The Labute approximate surface area is 199 Å². The fraction of sp³-hybridized carbons (Fsp3) is 0.227. The van der Waals surface area contributed by atoms with E-state index in [0.717, 1.165) is 4.90 Å². The lowest BCUT2D eigenvalue weighted by molar-refractivity contribution is -0.142. The van der Waals surface area contributed by atoms with Gasteiger partial charge in [-0.15, -0.1) is 0 Å². The first-order valence-electron chi connectivity index (χ1n) is 9.68. The molecule has 2 aromatic carbocycles.